The molecular weight excluding hydrogens is 399 g/mol. The van der Waals surface area contributed by atoms with E-state index in [4.69, 9.17) is 0 Å². The summed E-state index contributed by atoms with van der Waals surface area (Å²) in [6, 6.07) is 7.51. The van der Waals surface area contributed by atoms with E-state index in [9.17, 15) is 26.7 Å². The summed E-state index contributed by atoms with van der Waals surface area (Å²) in [4.78, 5) is 16.2. The SMILES string of the molecule is CC(C)c1ccc(-c2csc(NC(=O)c3c(F)c(F)c(F)c(F)c3F)n2)cc1. The molecule has 9 heteroatoms. The molecule has 0 aliphatic heterocycles. The second kappa shape index (κ2) is 7.67. The molecule has 0 aliphatic carbocycles. The maximum Gasteiger partial charge on any atom is 0.263 e. The third kappa shape index (κ3) is 3.62. The molecule has 0 saturated carbocycles. The molecule has 3 nitrogen and oxygen atoms in total. The van der Waals surface area contributed by atoms with E-state index < -0.39 is 40.6 Å². The number of thiazole rings is 1. The van der Waals surface area contributed by atoms with Gasteiger partial charge in [0, 0.05) is 10.9 Å². The third-order valence-corrected chi connectivity index (χ3v) is 4.79. The van der Waals surface area contributed by atoms with Crippen molar-refractivity contribution in [3.05, 3.63) is 69.9 Å². The molecule has 0 unspecified atom stereocenters. The van der Waals surface area contributed by atoms with Gasteiger partial charge in [0.25, 0.3) is 5.91 Å². The summed E-state index contributed by atoms with van der Waals surface area (Å²) in [5, 5.41) is 3.62. The fourth-order valence-electron chi connectivity index (χ4n) is 2.47. The lowest BCUT2D eigenvalue weighted by Crippen LogP contribution is -2.19. The Labute approximate surface area is 160 Å². The number of hydrogen-bond acceptors (Lipinski definition) is 3. The number of anilines is 1. The maximum absolute atomic E-state index is 13.7. The molecule has 1 heterocycles. The van der Waals surface area contributed by atoms with Gasteiger partial charge in [-0.1, -0.05) is 38.1 Å². The largest absolute Gasteiger partial charge is 0.298 e. The predicted molar refractivity (Wildman–Crippen MR) is 95.8 cm³/mol. The van der Waals surface area contributed by atoms with Gasteiger partial charge in [0.2, 0.25) is 5.82 Å². The average molecular weight is 412 g/mol. The zero-order chi connectivity index (χ0) is 20.6. The van der Waals surface area contributed by atoms with Crippen molar-refractivity contribution in [2.75, 3.05) is 5.32 Å². The van der Waals surface area contributed by atoms with Gasteiger partial charge >= 0.3 is 0 Å². The Morgan fingerprint density at radius 3 is 2.00 bits per heavy atom. The normalized spacial score (nSPS) is 11.1. The van der Waals surface area contributed by atoms with Gasteiger partial charge in [0.05, 0.1) is 5.69 Å². The van der Waals surface area contributed by atoms with Gasteiger partial charge in [-0.25, -0.2) is 26.9 Å². The van der Waals surface area contributed by atoms with Crippen molar-refractivity contribution in [1.82, 2.24) is 4.98 Å². The lowest BCUT2D eigenvalue weighted by Gasteiger charge is -2.07. The monoisotopic (exact) mass is 412 g/mol. The van der Waals surface area contributed by atoms with E-state index >= 15 is 0 Å². The van der Waals surface area contributed by atoms with E-state index in [0.29, 0.717) is 11.6 Å². The Kier molecular flexibility index (Phi) is 5.46. The van der Waals surface area contributed by atoms with Gasteiger partial charge in [0.1, 0.15) is 5.56 Å². The number of carbonyl (C=O) groups is 1. The minimum Gasteiger partial charge on any atom is -0.298 e. The Balaban J connectivity index is 1.85. The maximum atomic E-state index is 13.7. The molecule has 0 aliphatic rings. The highest BCUT2D eigenvalue weighted by Gasteiger charge is 2.30. The standard InChI is InChI=1S/C19H13F5N2OS/c1-8(2)9-3-5-10(6-4-9)11-7-28-19(25-11)26-18(27)12-13(20)15(22)17(24)16(23)14(12)21/h3-8H,1-2H3,(H,25,26,27). The van der Waals surface area contributed by atoms with E-state index in [0.717, 1.165) is 22.5 Å². The van der Waals surface area contributed by atoms with Gasteiger partial charge in [-0.05, 0) is 11.5 Å². The van der Waals surface area contributed by atoms with Crippen LogP contribution in [-0.2, 0) is 0 Å². The summed E-state index contributed by atoms with van der Waals surface area (Å²) >= 11 is 0.952. The first-order chi connectivity index (χ1) is 13.2. The minimum atomic E-state index is -2.33. The molecule has 0 saturated heterocycles. The van der Waals surface area contributed by atoms with Crippen LogP contribution in [0.15, 0.2) is 29.6 Å². The van der Waals surface area contributed by atoms with E-state index in [-0.39, 0.29) is 5.13 Å². The second-order valence-electron chi connectivity index (χ2n) is 6.21. The number of nitrogens with zero attached hydrogens (tertiary/aromatic N) is 1. The smallest absolute Gasteiger partial charge is 0.263 e. The van der Waals surface area contributed by atoms with Crippen molar-refractivity contribution >= 4 is 22.4 Å². The van der Waals surface area contributed by atoms with Crippen molar-refractivity contribution in [2.45, 2.75) is 19.8 Å². The Morgan fingerprint density at radius 1 is 0.929 bits per heavy atom. The summed E-state index contributed by atoms with van der Waals surface area (Å²) in [6.07, 6.45) is 0. The number of aromatic nitrogens is 1. The van der Waals surface area contributed by atoms with Gasteiger partial charge in [-0.3, -0.25) is 10.1 Å². The molecule has 146 valence electrons. The van der Waals surface area contributed by atoms with E-state index in [1.807, 2.05) is 38.1 Å². The fourth-order valence-corrected chi connectivity index (χ4v) is 3.18. The van der Waals surface area contributed by atoms with Crippen LogP contribution in [0.3, 0.4) is 0 Å². The zero-order valence-electron chi connectivity index (χ0n) is 14.6. The highest BCUT2D eigenvalue weighted by molar-refractivity contribution is 7.14. The van der Waals surface area contributed by atoms with Gasteiger partial charge in [0.15, 0.2) is 28.4 Å². The van der Waals surface area contributed by atoms with E-state index in [1.54, 1.807) is 5.38 Å². The number of benzene rings is 2. The molecule has 0 atom stereocenters. The predicted octanol–water partition coefficient (Wildman–Crippen LogP) is 5.88. The van der Waals surface area contributed by atoms with Crippen molar-refractivity contribution in [1.29, 1.82) is 0 Å². The van der Waals surface area contributed by atoms with Crippen LogP contribution in [-0.4, -0.2) is 10.9 Å². The first-order valence-corrected chi connectivity index (χ1v) is 8.97. The van der Waals surface area contributed by atoms with Gasteiger partial charge in [-0.2, -0.15) is 0 Å². The number of carbonyl (C=O) groups excluding carboxylic acids is 1. The third-order valence-electron chi connectivity index (χ3n) is 4.03. The first kappa shape index (κ1) is 19.9. The van der Waals surface area contributed by atoms with Crippen LogP contribution in [0.1, 0.15) is 35.7 Å². The van der Waals surface area contributed by atoms with Crippen molar-refractivity contribution in [3.8, 4) is 11.3 Å². The number of amides is 1. The number of hydrogen-bond donors (Lipinski definition) is 1. The Morgan fingerprint density at radius 2 is 1.46 bits per heavy atom. The van der Waals surface area contributed by atoms with Crippen LogP contribution >= 0.6 is 11.3 Å². The number of nitrogens with one attached hydrogen (secondary N) is 1. The number of halogens is 5. The highest BCUT2D eigenvalue weighted by atomic mass is 32.1. The summed E-state index contributed by atoms with van der Waals surface area (Å²) in [6.45, 7) is 4.09. The molecule has 2 aromatic carbocycles. The molecule has 3 rings (SSSR count). The molecule has 28 heavy (non-hydrogen) atoms. The molecule has 0 spiro atoms. The lowest BCUT2D eigenvalue weighted by atomic mass is 10.0. The molecule has 1 N–H and O–H groups in total. The van der Waals surface area contributed by atoms with Crippen LogP contribution in [0.4, 0.5) is 27.1 Å². The molecule has 0 fully saturated rings. The van der Waals surface area contributed by atoms with Crippen LogP contribution in [0.25, 0.3) is 11.3 Å². The Bertz CT molecular complexity index is 1020. The summed E-state index contributed by atoms with van der Waals surface area (Å²) in [5.41, 5.74) is 0.804. The van der Waals surface area contributed by atoms with Crippen LogP contribution < -0.4 is 5.32 Å². The highest BCUT2D eigenvalue weighted by Crippen LogP contribution is 2.28. The molecule has 1 aromatic heterocycles. The molecule has 1 amide bonds. The van der Waals surface area contributed by atoms with Crippen LogP contribution in [0, 0.1) is 29.1 Å². The zero-order valence-corrected chi connectivity index (χ0v) is 15.4. The molecule has 3 aromatic rings. The van der Waals surface area contributed by atoms with E-state index in [2.05, 4.69) is 10.3 Å². The van der Waals surface area contributed by atoms with Crippen molar-refractivity contribution in [2.24, 2.45) is 0 Å². The minimum absolute atomic E-state index is 0.0446. The van der Waals surface area contributed by atoms with Crippen LogP contribution in [0.5, 0.6) is 0 Å². The Hall–Kier alpha value is -2.81. The summed E-state index contributed by atoms with van der Waals surface area (Å²) in [5.74, 6) is -12.2. The van der Waals surface area contributed by atoms with Gasteiger partial charge in [-0.15, -0.1) is 11.3 Å². The fraction of sp³-hybridized carbons (Fsp3) is 0.158. The quantitative estimate of drug-likeness (QED) is 0.330. The number of rotatable bonds is 4. The van der Waals surface area contributed by atoms with Gasteiger partial charge < -0.3 is 0 Å². The van der Waals surface area contributed by atoms with Crippen molar-refractivity contribution < 1.29 is 26.7 Å². The second-order valence-corrected chi connectivity index (χ2v) is 7.07. The van der Waals surface area contributed by atoms with E-state index in [1.165, 1.54) is 0 Å². The molecule has 0 radical (unpaired) electrons. The van der Waals surface area contributed by atoms with Crippen molar-refractivity contribution in [3.63, 3.8) is 0 Å². The topological polar surface area (TPSA) is 42.0 Å². The molecule has 0 bridgehead atoms. The average Bonchev–Trinajstić information content (AvgIpc) is 3.13. The lowest BCUT2D eigenvalue weighted by molar-refractivity contribution is 0.101. The first-order valence-electron chi connectivity index (χ1n) is 8.09. The summed E-state index contributed by atoms with van der Waals surface area (Å²) < 4.78 is 67.1. The summed E-state index contributed by atoms with van der Waals surface area (Å²) in [7, 11) is 0. The van der Waals surface area contributed by atoms with Crippen LogP contribution in [0.2, 0.25) is 0 Å². The molecular formula is C19H13F5N2OS.